The summed E-state index contributed by atoms with van der Waals surface area (Å²) >= 11 is 1.40. The molecular weight excluding hydrogens is 334 g/mol. The standard InChI is InChI=1S/C17H14F2N2O2S/c1-9(12-4-3-11(18)7-13(12)19)20-17(23)10-2-5-15-14(6-10)21-16(22)8-24-15/h2-7,9H,8H2,1H3,(H,20,23)(H,21,22)/t9-/m0/s1. The van der Waals surface area contributed by atoms with E-state index >= 15 is 0 Å². The van der Waals surface area contributed by atoms with E-state index in [9.17, 15) is 18.4 Å². The Hall–Kier alpha value is -2.41. The molecule has 2 amide bonds. The summed E-state index contributed by atoms with van der Waals surface area (Å²) in [5, 5.41) is 5.38. The van der Waals surface area contributed by atoms with Crippen LogP contribution in [0.3, 0.4) is 0 Å². The van der Waals surface area contributed by atoms with E-state index in [4.69, 9.17) is 0 Å². The molecule has 3 rings (SSSR count). The normalized spacial score (nSPS) is 14.5. The van der Waals surface area contributed by atoms with Crippen LogP contribution in [0.5, 0.6) is 0 Å². The first-order valence-corrected chi connectivity index (χ1v) is 8.25. The topological polar surface area (TPSA) is 58.2 Å². The predicted octanol–water partition coefficient (Wildman–Crippen LogP) is 3.50. The molecule has 0 fully saturated rings. The molecule has 2 aromatic carbocycles. The minimum Gasteiger partial charge on any atom is -0.345 e. The number of benzene rings is 2. The zero-order valence-corrected chi connectivity index (χ0v) is 13.5. The highest BCUT2D eigenvalue weighted by molar-refractivity contribution is 8.00. The summed E-state index contributed by atoms with van der Waals surface area (Å²) in [6, 6.07) is 7.60. The lowest BCUT2D eigenvalue weighted by Crippen LogP contribution is -2.27. The van der Waals surface area contributed by atoms with Crippen LogP contribution in [0.2, 0.25) is 0 Å². The Labute approximate surface area is 141 Å². The van der Waals surface area contributed by atoms with Crippen molar-refractivity contribution in [2.75, 3.05) is 11.1 Å². The van der Waals surface area contributed by atoms with Crippen molar-refractivity contribution in [2.24, 2.45) is 0 Å². The average Bonchev–Trinajstić information content (AvgIpc) is 2.53. The van der Waals surface area contributed by atoms with Crippen LogP contribution in [-0.4, -0.2) is 17.6 Å². The van der Waals surface area contributed by atoms with Gasteiger partial charge in [-0.05, 0) is 31.2 Å². The fraction of sp³-hybridized carbons (Fsp3) is 0.176. The predicted molar refractivity (Wildman–Crippen MR) is 88.0 cm³/mol. The van der Waals surface area contributed by atoms with Crippen LogP contribution in [0.25, 0.3) is 0 Å². The molecule has 2 aromatic rings. The smallest absolute Gasteiger partial charge is 0.251 e. The highest BCUT2D eigenvalue weighted by Crippen LogP contribution is 2.32. The third kappa shape index (κ3) is 3.41. The zero-order chi connectivity index (χ0) is 17.3. The van der Waals surface area contributed by atoms with Gasteiger partial charge in [0.05, 0.1) is 17.5 Å². The monoisotopic (exact) mass is 348 g/mol. The van der Waals surface area contributed by atoms with E-state index in [1.165, 1.54) is 17.8 Å². The van der Waals surface area contributed by atoms with E-state index in [1.54, 1.807) is 25.1 Å². The number of carbonyl (C=O) groups is 2. The Morgan fingerprint density at radius 2 is 2.04 bits per heavy atom. The molecule has 7 heteroatoms. The molecular formula is C17H14F2N2O2S. The molecule has 1 aliphatic rings. The van der Waals surface area contributed by atoms with Crippen molar-refractivity contribution >= 4 is 29.3 Å². The van der Waals surface area contributed by atoms with Crippen molar-refractivity contribution < 1.29 is 18.4 Å². The van der Waals surface area contributed by atoms with Gasteiger partial charge < -0.3 is 10.6 Å². The molecule has 0 radical (unpaired) electrons. The minimum atomic E-state index is -0.711. The Balaban J connectivity index is 1.77. The van der Waals surface area contributed by atoms with E-state index in [0.29, 0.717) is 17.0 Å². The third-order valence-electron chi connectivity index (χ3n) is 3.65. The summed E-state index contributed by atoms with van der Waals surface area (Å²) in [5.74, 6) is -1.56. The number of nitrogens with one attached hydrogen (secondary N) is 2. The molecule has 0 aromatic heterocycles. The third-order valence-corrected chi connectivity index (χ3v) is 4.72. The molecule has 0 aliphatic carbocycles. The number of halogens is 2. The van der Waals surface area contributed by atoms with Crippen molar-refractivity contribution in [2.45, 2.75) is 17.9 Å². The van der Waals surface area contributed by atoms with Crippen LogP contribution < -0.4 is 10.6 Å². The zero-order valence-electron chi connectivity index (χ0n) is 12.7. The molecule has 0 saturated carbocycles. The SMILES string of the molecule is C[C@H](NC(=O)c1ccc2c(c1)NC(=O)CS2)c1ccc(F)cc1F. The minimum absolute atomic E-state index is 0.119. The van der Waals surface area contributed by atoms with E-state index < -0.39 is 23.6 Å². The summed E-state index contributed by atoms with van der Waals surface area (Å²) < 4.78 is 26.7. The molecule has 1 atom stereocenters. The number of fused-ring (bicyclic) bond motifs is 1. The second kappa shape index (κ2) is 6.60. The molecule has 124 valence electrons. The summed E-state index contributed by atoms with van der Waals surface area (Å²) in [7, 11) is 0. The number of carbonyl (C=O) groups excluding carboxylic acids is 2. The fourth-order valence-electron chi connectivity index (χ4n) is 2.43. The first kappa shape index (κ1) is 16.4. The summed E-state index contributed by atoms with van der Waals surface area (Å²) in [4.78, 5) is 24.7. The lowest BCUT2D eigenvalue weighted by molar-refractivity contribution is -0.113. The summed E-state index contributed by atoms with van der Waals surface area (Å²) in [5.41, 5.74) is 1.14. The maximum atomic E-state index is 13.8. The average molecular weight is 348 g/mol. The summed E-state index contributed by atoms with van der Waals surface area (Å²) in [6.45, 7) is 1.62. The van der Waals surface area contributed by atoms with Gasteiger partial charge in [-0.1, -0.05) is 6.07 Å². The first-order valence-electron chi connectivity index (χ1n) is 7.26. The van der Waals surface area contributed by atoms with Crippen LogP contribution in [0.15, 0.2) is 41.3 Å². The van der Waals surface area contributed by atoms with Crippen molar-refractivity contribution in [1.29, 1.82) is 0 Å². The molecule has 0 bridgehead atoms. The van der Waals surface area contributed by atoms with E-state index in [1.807, 2.05) is 0 Å². The number of hydrogen-bond acceptors (Lipinski definition) is 3. The second-order valence-electron chi connectivity index (χ2n) is 5.41. The lowest BCUT2D eigenvalue weighted by Gasteiger charge is -2.18. The molecule has 0 saturated heterocycles. The maximum Gasteiger partial charge on any atom is 0.251 e. The first-order chi connectivity index (χ1) is 11.4. The molecule has 1 aliphatic heterocycles. The Kier molecular flexibility index (Phi) is 4.53. The Bertz CT molecular complexity index is 826. The van der Waals surface area contributed by atoms with Gasteiger partial charge in [-0.15, -0.1) is 11.8 Å². The highest BCUT2D eigenvalue weighted by atomic mass is 32.2. The maximum absolute atomic E-state index is 13.8. The molecule has 1 heterocycles. The van der Waals surface area contributed by atoms with Gasteiger partial charge in [0.1, 0.15) is 11.6 Å². The number of rotatable bonds is 3. The quantitative estimate of drug-likeness (QED) is 0.893. The van der Waals surface area contributed by atoms with Crippen LogP contribution in [0, 0.1) is 11.6 Å². The van der Waals surface area contributed by atoms with Gasteiger partial charge in [0.2, 0.25) is 5.91 Å². The largest absolute Gasteiger partial charge is 0.345 e. The summed E-state index contributed by atoms with van der Waals surface area (Å²) in [6.07, 6.45) is 0. The van der Waals surface area contributed by atoms with Gasteiger partial charge in [0, 0.05) is 22.1 Å². The molecule has 0 spiro atoms. The fourth-order valence-corrected chi connectivity index (χ4v) is 3.22. The van der Waals surface area contributed by atoms with Crippen molar-refractivity contribution in [1.82, 2.24) is 5.32 Å². The van der Waals surface area contributed by atoms with Crippen molar-refractivity contribution in [3.05, 3.63) is 59.2 Å². The van der Waals surface area contributed by atoms with Gasteiger partial charge in [0.15, 0.2) is 0 Å². The number of amides is 2. The van der Waals surface area contributed by atoms with Crippen LogP contribution in [0.4, 0.5) is 14.5 Å². The van der Waals surface area contributed by atoms with Gasteiger partial charge in [0.25, 0.3) is 5.91 Å². The highest BCUT2D eigenvalue weighted by Gasteiger charge is 2.19. The Morgan fingerprint density at radius 3 is 2.79 bits per heavy atom. The van der Waals surface area contributed by atoms with Gasteiger partial charge in [-0.2, -0.15) is 0 Å². The Morgan fingerprint density at radius 1 is 1.25 bits per heavy atom. The van der Waals surface area contributed by atoms with E-state index in [2.05, 4.69) is 10.6 Å². The van der Waals surface area contributed by atoms with Gasteiger partial charge >= 0.3 is 0 Å². The van der Waals surface area contributed by atoms with Gasteiger partial charge in [-0.25, -0.2) is 8.78 Å². The van der Waals surface area contributed by atoms with Crippen LogP contribution in [-0.2, 0) is 4.79 Å². The molecule has 0 unspecified atom stereocenters. The molecule has 2 N–H and O–H groups in total. The number of thioether (sulfide) groups is 1. The molecule has 24 heavy (non-hydrogen) atoms. The van der Waals surface area contributed by atoms with Gasteiger partial charge in [-0.3, -0.25) is 9.59 Å². The van der Waals surface area contributed by atoms with Crippen LogP contribution in [0.1, 0.15) is 28.9 Å². The van der Waals surface area contributed by atoms with Crippen molar-refractivity contribution in [3.8, 4) is 0 Å². The number of hydrogen-bond donors (Lipinski definition) is 2. The van der Waals surface area contributed by atoms with E-state index in [-0.39, 0.29) is 11.5 Å². The second-order valence-corrected chi connectivity index (χ2v) is 6.43. The molecule has 4 nitrogen and oxygen atoms in total. The lowest BCUT2D eigenvalue weighted by atomic mass is 10.1. The number of anilines is 1. The van der Waals surface area contributed by atoms with E-state index in [0.717, 1.165) is 17.0 Å². The van der Waals surface area contributed by atoms with Crippen molar-refractivity contribution in [3.63, 3.8) is 0 Å². The van der Waals surface area contributed by atoms with Crippen LogP contribution >= 0.6 is 11.8 Å².